The zero-order chi connectivity index (χ0) is 12.4. The second-order valence-electron chi connectivity index (χ2n) is 3.94. The summed E-state index contributed by atoms with van der Waals surface area (Å²) >= 11 is 7.53. The molecule has 17 heavy (non-hydrogen) atoms. The first-order chi connectivity index (χ1) is 8.13. The lowest BCUT2D eigenvalue weighted by Gasteiger charge is -2.02. The van der Waals surface area contributed by atoms with Crippen molar-refractivity contribution in [2.45, 2.75) is 20.3 Å². The first-order valence-electron chi connectivity index (χ1n) is 5.50. The molecule has 0 unspecified atom stereocenters. The SMILES string of the molecule is CCc1cccc(C(=O)c2scc(C)c2Cl)c1. The number of hydrogen-bond donors (Lipinski definition) is 0. The Kier molecular flexibility index (Phi) is 3.65. The Hall–Kier alpha value is -1.12. The summed E-state index contributed by atoms with van der Waals surface area (Å²) < 4.78 is 0. The highest BCUT2D eigenvalue weighted by molar-refractivity contribution is 7.13. The van der Waals surface area contributed by atoms with Crippen molar-refractivity contribution in [3.63, 3.8) is 0 Å². The van der Waals surface area contributed by atoms with Crippen LogP contribution in [0.4, 0.5) is 0 Å². The molecule has 0 spiro atoms. The molecular formula is C14H13ClOS. The number of benzene rings is 1. The van der Waals surface area contributed by atoms with Gasteiger partial charge in [-0.05, 0) is 35.9 Å². The minimum atomic E-state index is 0.0170. The van der Waals surface area contributed by atoms with E-state index in [2.05, 4.69) is 6.92 Å². The lowest BCUT2D eigenvalue weighted by molar-refractivity contribution is 0.104. The van der Waals surface area contributed by atoms with Crippen molar-refractivity contribution in [1.29, 1.82) is 0 Å². The van der Waals surface area contributed by atoms with Gasteiger partial charge in [0.05, 0.1) is 9.90 Å². The summed E-state index contributed by atoms with van der Waals surface area (Å²) in [5.41, 5.74) is 2.85. The molecular weight excluding hydrogens is 252 g/mol. The molecule has 0 aliphatic carbocycles. The molecule has 0 radical (unpaired) electrons. The largest absolute Gasteiger partial charge is 0.288 e. The molecule has 3 heteroatoms. The molecule has 0 fully saturated rings. The van der Waals surface area contributed by atoms with Crippen LogP contribution in [0.5, 0.6) is 0 Å². The maximum Gasteiger partial charge on any atom is 0.204 e. The Morgan fingerprint density at radius 3 is 2.76 bits per heavy atom. The Morgan fingerprint density at radius 1 is 1.41 bits per heavy atom. The van der Waals surface area contributed by atoms with Crippen LogP contribution in [0.1, 0.15) is 33.3 Å². The highest BCUT2D eigenvalue weighted by Crippen LogP contribution is 2.29. The van der Waals surface area contributed by atoms with Crippen molar-refractivity contribution < 1.29 is 4.79 Å². The maximum absolute atomic E-state index is 12.3. The van der Waals surface area contributed by atoms with E-state index in [9.17, 15) is 4.79 Å². The number of halogens is 1. The van der Waals surface area contributed by atoms with Crippen LogP contribution in [0.3, 0.4) is 0 Å². The smallest absolute Gasteiger partial charge is 0.204 e. The van der Waals surface area contributed by atoms with Gasteiger partial charge in [-0.3, -0.25) is 4.79 Å². The van der Waals surface area contributed by atoms with Crippen LogP contribution in [0.2, 0.25) is 5.02 Å². The number of carbonyl (C=O) groups excluding carboxylic acids is 1. The molecule has 0 saturated heterocycles. The molecule has 1 aromatic carbocycles. The number of hydrogen-bond acceptors (Lipinski definition) is 2. The topological polar surface area (TPSA) is 17.1 Å². The molecule has 2 rings (SSSR count). The second kappa shape index (κ2) is 5.03. The third-order valence-corrected chi connectivity index (χ3v) is 4.40. The molecule has 1 nitrogen and oxygen atoms in total. The van der Waals surface area contributed by atoms with Crippen molar-refractivity contribution >= 4 is 28.7 Å². The van der Waals surface area contributed by atoms with Gasteiger partial charge in [0, 0.05) is 5.56 Å². The third kappa shape index (κ3) is 2.43. The first-order valence-corrected chi connectivity index (χ1v) is 6.76. The maximum atomic E-state index is 12.3. The molecule has 88 valence electrons. The molecule has 0 N–H and O–H groups in total. The van der Waals surface area contributed by atoms with Gasteiger partial charge in [-0.15, -0.1) is 11.3 Å². The van der Waals surface area contributed by atoms with Crippen LogP contribution < -0.4 is 0 Å². The van der Waals surface area contributed by atoms with Gasteiger partial charge in [0.2, 0.25) is 5.78 Å². The van der Waals surface area contributed by atoms with Crippen LogP contribution in [-0.4, -0.2) is 5.78 Å². The zero-order valence-electron chi connectivity index (χ0n) is 9.79. The van der Waals surface area contributed by atoms with Gasteiger partial charge in [-0.25, -0.2) is 0 Å². The van der Waals surface area contributed by atoms with Gasteiger partial charge in [-0.1, -0.05) is 36.7 Å². The summed E-state index contributed by atoms with van der Waals surface area (Å²) in [4.78, 5) is 12.9. The van der Waals surface area contributed by atoms with Crippen LogP contribution in [0, 0.1) is 6.92 Å². The van der Waals surface area contributed by atoms with E-state index in [0.717, 1.165) is 12.0 Å². The van der Waals surface area contributed by atoms with E-state index in [4.69, 9.17) is 11.6 Å². The summed E-state index contributed by atoms with van der Waals surface area (Å²) in [6, 6.07) is 7.72. The minimum absolute atomic E-state index is 0.0170. The van der Waals surface area contributed by atoms with Gasteiger partial charge in [0.1, 0.15) is 0 Å². The Labute approximate surface area is 110 Å². The Balaban J connectivity index is 2.40. The number of rotatable bonds is 3. The molecule has 0 aliphatic heterocycles. The minimum Gasteiger partial charge on any atom is -0.288 e. The highest BCUT2D eigenvalue weighted by Gasteiger charge is 2.16. The average Bonchev–Trinajstić information content (AvgIpc) is 2.69. The lowest BCUT2D eigenvalue weighted by atomic mass is 10.0. The van der Waals surface area contributed by atoms with Crippen molar-refractivity contribution in [3.05, 3.63) is 56.2 Å². The van der Waals surface area contributed by atoms with Gasteiger partial charge >= 0.3 is 0 Å². The Morgan fingerprint density at radius 2 is 2.18 bits per heavy atom. The number of aryl methyl sites for hydroxylation is 2. The van der Waals surface area contributed by atoms with E-state index >= 15 is 0 Å². The molecule has 2 aromatic rings. The van der Waals surface area contributed by atoms with E-state index in [1.165, 1.54) is 16.9 Å². The fourth-order valence-corrected chi connectivity index (χ4v) is 2.89. The molecule has 0 atom stereocenters. The molecule has 0 amide bonds. The van der Waals surface area contributed by atoms with E-state index in [0.29, 0.717) is 15.5 Å². The molecule has 1 heterocycles. The van der Waals surface area contributed by atoms with Gasteiger partial charge in [-0.2, -0.15) is 0 Å². The summed E-state index contributed by atoms with van der Waals surface area (Å²) in [6.45, 7) is 3.99. The molecule has 0 aliphatic rings. The van der Waals surface area contributed by atoms with Crippen molar-refractivity contribution in [3.8, 4) is 0 Å². The quantitative estimate of drug-likeness (QED) is 0.746. The number of thiophene rings is 1. The number of carbonyl (C=O) groups is 1. The van der Waals surface area contributed by atoms with E-state index < -0.39 is 0 Å². The average molecular weight is 265 g/mol. The lowest BCUT2D eigenvalue weighted by Crippen LogP contribution is -2.00. The summed E-state index contributed by atoms with van der Waals surface area (Å²) in [5.74, 6) is 0.0170. The summed E-state index contributed by atoms with van der Waals surface area (Å²) in [7, 11) is 0. The van der Waals surface area contributed by atoms with Crippen LogP contribution in [-0.2, 0) is 6.42 Å². The molecule has 1 aromatic heterocycles. The monoisotopic (exact) mass is 264 g/mol. The Bertz CT molecular complexity index is 557. The van der Waals surface area contributed by atoms with Gasteiger partial charge < -0.3 is 0 Å². The van der Waals surface area contributed by atoms with Crippen molar-refractivity contribution in [2.24, 2.45) is 0 Å². The van der Waals surface area contributed by atoms with Gasteiger partial charge in [0.25, 0.3) is 0 Å². The predicted octanol–water partition coefficient (Wildman–Crippen LogP) is 4.50. The van der Waals surface area contributed by atoms with E-state index in [1.54, 1.807) is 0 Å². The molecule has 0 bridgehead atoms. The summed E-state index contributed by atoms with van der Waals surface area (Å²) in [5, 5.41) is 2.50. The van der Waals surface area contributed by atoms with Crippen molar-refractivity contribution in [2.75, 3.05) is 0 Å². The van der Waals surface area contributed by atoms with E-state index in [-0.39, 0.29) is 5.78 Å². The van der Waals surface area contributed by atoms with Crippen LogP contribution in [0.25, 0.3) is 0 Å². The zero-order valence-corrected chi connectivity index (χ0v) is 11.4. The molecule has 0 saturated carbocycles. The van der Waals surface area contributed by atoms with Gasteiger partial charge in [0.15, 0.2) is 0 Å². The summed E-state index contributed by atoms with van der Waals surface area (Å²) in [6.07, 6.45) is 0.929. The predicted molar refractivity (Wildman–Crippen MR) is 73.3 cm³/mol. The third-order valence-electron chi connectivity index (χ3n) is 2.70. The van der Waals surface area contributed by atoms with Crippen LogP contribution >= 0.6 is 22.9 Å². The van der Waals surface area contributed by atoms with E-state index in [1.807, 2.05) is 36.6 Å². The number of ketones is 1. The normalized spacial score (nSPS) is 10.5. The standard InChI is InChI=1S/C14H13ClOS/c1-3-10-5-4-6-11(7-10)13(16)14-12(15)9(2)8-17-14/h4-8H,3H2,1-2H3. The van der Waals surface area contributed by atoms with Crippen molar-refractivity contribution in [1.82, 2.24) is 0 Å². The fourth-order valence-electron chi connectivity index (χ4n) is 1.65. The second-order valence-corrected chi connectivity index (χ2v) is 5.20. The highest BCUT2D eigenvalue weighted by atomic mass is 35.5. The fraction of sp³-hybridized carbons (Fsp3) is 0.214. The van der Waals surface area contributed by atoms with Crippen LogP contribution in [0.15, 0.2) is 29.6 Å². The first kappa shape index (κ1) is 12.3.